The normalized spacial score (nSPS) is 25.4. The summed E-state index contributed by atoms with van der Waals surface area (Å²) < 4.78 is -0.274. The predicted octanol–water partition coefficient (Wildman–Crippen LogP) is 0.102. The number of aromatic nitrogens is 4. The second-order valence-corrected chi connectivity index (χ2v) is 5.29. The van der Waals surface area contributed by atoms with Gasteiger partial charge in [-0.05, 0) is 25.5 Å². The minimum atomic E-state index is -0.274. The standard InChI is InChI=1S/C8H13N5OS/c1-8(3-2-4-15-8)7(14)9-5-6-10-12-13-11-6/h2-5H2,1H3,(H,9,14)(H,10,11,12,13). The Hall–Kier alpha value is -1.11. The minimum Gasteiger partial charge on any atom is -0.347 e. The van der Waals surface area contributed by atoms with Gasteiger partial charge in [0.15, 0.2) is 5.82 Å². The van der Waals surface area contributed by atoms with Crippen molar-refractivity contribution in [2.24, 2.45) is 0 Å². The van der Waals surface area contributed by atoms with E-state index < -0.39 is 0 Å². The molecular formula is C8H13N5OS. The van der Waals surface area contributed by atoms with Gasteiger partial charge in [0, 0.05) is 0 Å². The zero-order valence-corrected chi connectivity index (χ0v) is 9.30. The highest BCUT2D eigenvalue weighted by atomic mass is 32.2. The Morgan fingerprint density at radius 2 is 2.60 bits per heavy atom. The molecule has 82 valence electrons. The van der Waals surface area contributed by atoms with E-state index in [0.717, 1.165) is 18.6 Å². The molecule has 0 aliphatic carbocycles. The molecule has 0 spiro atoms. The Morgan fingerprint density at radius 3 is 3.20 bits per heavy atom. The number of carbonyl (C=O) groups is 1. The number of nitrogens with one attached hydrogen (secondary N) is 2. The van der Waals surface area contributed by atoms with Crippen molar-refractivity contribution in [3.8, 4) is 0 Å². The van der Waals surface area contributed by atoms with Gasteiger partial charge >= 0.3 is 0 Å². The van der Waals surface area contributed by atoms with Gasteiger partial charge in [0.05, 0.1) is 11.3 Å². The van der Waals surface area contributed by atoms with Crippen molar-refractivity contribution >= 4 is 17.7 Å². The lowest BCUT2D eigenvalue weighted by Gasteiger charge is -2.20. The molecule has 1 aliphatic heterocycles. The summed E-state index contributed by atoms with van der Waals surface area (Å²) in [7, 11) is 0. The highest BCUT2D eigenvalue weighted by Crippen LogP contribution is 2.37. The average molecular weight is 227 g/mol. The molecular weight excluding hydrogens is 214 g/mol. The smallest absolute Gasteiger partial charge is 0.236 e. The van der Waals surface area contributed by atoms with Crippen LogP contribution in [-0.4, -0.2) is 37.0 Å². The first kappa shape index (κ1) is 10.4. The van der Waals surface area contributed by atoms with Gasteiger partial charge in [-0.1, -0.05) is 5.21 Å². The first-order valence-corrected chi connectivity index (χ1v) is 5.84. The van der Waals surface area contributed by atoms with Crippen molar-refractivity contribution in [1.29, 1.82) is 0 Å². The fraction of sp³-hybridized carbons (Fsp3) is 0.750. The van der Waals surface area contributed by atoms with E-state index in [1.165, 1.54) is 0 Å². The molecule has 2 heterocycles. The predicted molar refractivity (Wildman–Crippen MR) is 56.1 cm³/mol. The van der Waals surface area contributed by atoms with Gasteiger partial charge in [0.2, 0.25) is 5.91 Å². The first-order chi connectivity index (χ1) is 7.21. The summed E-state index contributed by atoms with van der Waals surface area (Å²) in [6.07, 6.45) is 2.05. The monoisotopic (exact) mass is 227 g/mol. The molecule has 0 radical (unpaired) electrons. The van der Waals surface area contributed by atoms with Gasteiger partial charge < -0.3 is 5.32 Å². The van der Waals surface area contributed by atoms with E-state index in [0.29, 0.717) is 12.4 Å². The summed E-state index contributed by atoms with van der Waals surface area (Å²) in [6.45, 7) is 2.32. The van der Waals surface area contributed by atoms with Gasteiger partial charge in [-0.15, -0.1) is 22.0 Å². The highest BCUT2D eigenvalue weighted by Gasteiger charge is 2.36. The van der Waals surface area contributed by atoms with E-state index in [-0.39, 0.29) is 10.7 Å². The molecule has 2 rings (SSSR count). The summed E-state index contributed by atoms with van der Waals surface area (Å²) in [5.41, 5.74) is 0. The van der Waals surface area contributed by atoms with E-state index in [1.807, 2.05) is 6.92 Å². The zero-order valence-electron chi connectivity index (χ0n) is 8.49. The van der Waals surface area contributed by atoms with E-state index in [4.69, 9.17) is 0 Å². The van der Waals surface area contributed by atoms with Crippen LogP contribution in [0, 0.1) is 0 Å². The number of aromatic amines is 1. The molecule has 1 amide bonds. The topological polar surface area (TPSA) is 83.6 Å². The van der Waals surface area contributed by atoms with Crippen LogP contribution in [0.5, 0.6) is 0 Å². The maximum Gasteiger partial charge on any atom is 0.236 e. The van der Waals surface area contributed by atoms with Gasteiger partial charge in [0.25, 0.3) is 0 Å². The van der Waals surface area contributed by atoms with Crippen LogP contribution < -0.4 is 5.32 Å². The zero-order chi connectivity index (χ0) is 10.7. The molecule has 1 aliphatic rings. The Labute approximate surface area is 91.6 Å². The van der Waals surface area contributed by atoms with E-state index in [9.17, 15) is 4.79 Å². The molecule has 1 fully saturated rings. The number of rotatable bonds is 3. The molecule has 2 N–H and O–H groups in total. The van der Waals surface area contributed by atoms with E-state index in [1.54, 1.807) is 11.8 Å². The third-order valence-corrected chi connectivity index (χ3v) is 4.01. The second-order valence-electron chi connectivity index (χ2n) is 3.69. The maximum absolute atomic E-state index is 11.8. The largest absolute Gasteiger partial charge is 0.347 e. The third-order valence-electron chi connectivity index (χ3n) is 2.50. The third kappa shape index (κ3) is 2.28. The van der Waals surface area contributed by atoms with E-state index in [2.05, 4.69) is 25.9 Å². The molecule has 0 aromatic carbocycles. The molecule has 1 aromatic heterocycles. The van der Waals surface area contributed by atoms with Crippen LogP contribution in [0.3, 0.4) is 0 Å². The minimum absolute atomic E-state index is 0.0646. The van der Waals surface area contributed by atoms with Gasteiger partial charge in [-0.2, -0.15) is 5.21 Å². The van der Waals surface area contributed by atoms with Gasteiger partial charge in [0.1, 0.15) is 0 Å². The number of H-pyrrole nitrogens is 1. The number of thioether (sulfide) groups is 1. The van der Waals surface area contributed by atoms with Crippen LogP contribution >= 0.6 is 11.8 Å². The van der Waals surface area contributed by atoms with Crippen molar-refractivity contribution in [1.82, 2.24) is 25.9 Å². The number of amides is 1. The number of hydrogen-bond acceptors (Lipinski definition) is 5. The SMILES string of the molecule is CC1(C(=O)NCc2nn[nH]n2)CCCS1. The molecule has 6 nitrogen and oxygen atoms in total. The van der Waals surface area contributed by atoms with Crippen molar-refractivity contribution in [2.75, 3.05) is 5.75 Å². The van der Waals surface area contributed by atoms with Crippen LogP contribution in [0.1, 0.15) is 25.6 Å². The second kappa shape index (κ2) is 4.18. The lowest BCUT2D eigenvalue weighted by atomic mass is 10.1. The molecule has 15 heavy (non-hydrogen) atoms. The summed E-state index contributed by atoms with van der Waals surface area (Å²) in [5.74, 6) is 1.64. The fourth-order valence-corrected chi connectivity index (χ4v) is 2.79. The highest BCUT2D eigenvalue weighted by molar-refractivity contribution is 8.01. The Bertz CT molecular complexity index is 333. The summed E-state index contributed by atoms with van der Waals surface area (Å²) in [5, 5.41) is 16.1. The number of carbonyl (C=O) groups excluding carboxylic acids is 1. The summed E-state index contributed by atoms with van der Waals surface area (Å²) >= 11 is 1.71. The lowest BCUT2D eigenvalue weighted by Crippen LogP contribution is -2.40. The summed E-state index contributed by atoms with van der Waals surface area (Å²) in [6, 6.07) is 0. The van der Waals surface area contributed by atoms with Crippen molar-refractivity contribution in [3.63, 3.8) is 0 Å². The van der Waals surface area contributed by atoms with Crippen molar-refractivity contribution in [2.45, 2.75) is 31.1 Å². The van der Waals surface area contributed by atoms with Gasteiger partial charge in [-0.3, -0.25) is 4.79 Å². The Morgan fingerprint density at radius 1 is 1.73 bits per heavy atom. The average Bonchev–Trinajstić information content (AvgIpc) is 2.85. The molecule has 1 unspecified atom stereocenters. The molecule has 0 saturated carbocycles. The molecule has 7 heteroatoms. The van der Waals surface area contributed by atoms with Crippen LogP contribution in [-0.2, 0) is 11.3 Å². The van der Waals surface area contributed by atoms with Crippen LogP contribution in [0.25, 0.3) is 0 Å². The van der Waals surface area contributed by atoms with Crippen LogP contribution in [0.15, 0.2) is 0 Å². The Kier molecular flexibility index (Phi) is 2.90. The lowest BCUT2D eigenvalue weighted by molar-refractivity contribution is -0.123. The molecule has 1 aromatic rings. The number of nitrogens with zero attached hydrogens (tertiary/aromatic N) is 3. The van der Waals surface area contributed by atoms with Crippen LogP contribution in [0.2, 0.25) is 0 Å². The first-order valence-electron chi connectivity index (χ1n) is 4.85. The summed E-state index contributed by atoms with van der Waals surface area (Å²) in [4.78, 5) is 11.8. The van der Waals surface area contributed by atoms with Gasteiger partial charge in [-0.25, -0.2) is 0 Å². The fourth-order valence-electron chi connectivity index (χ4n) is 1.56. The van der Waals surface area contributed by atoms with Crippen molar-refractivity contribution in [3.05, 3.63) is 5.82 Å². The van der Waals surface area contributed by atoms with Crippen molar-refractivity contribution < 1.29 is 4.79 Å². The number of hydrogen-bond donors (Lipinski definition) is 2. The van der Waals surface area contributed by atoms with E-state index >= 15 is 0 Å². The molecule has 1 saturated heterocycles. The maximum atomic E-state index is 11.8. The Balaban J connectivity index is 1.87. The van der Waals surface area contributed by atoms with Crippen LogP contribution in [0.4, 0.5) is 0 Å². The molecule has 1 atom stereocenters. The molecule has 0 bridgehead atoms. The number of tetrazole rings is 1. The quantitative estimate of drug-likeness (QED) is 0.765.